The molecule has 0 heterocycles. The maximum Gasteiger partial charge on any atom is 0.339 e. The molecule has 0 saturated heterocycles. The van der Waals surface area contributed by atoms with Gasteiger partial charge in [-0.15, -0.1) is 11.6 Å². The number of esters is 1. The van der Waals surface area contributed by atoms with E-state index < -0.39 is 5.97 Å². The number of alkyl halides is 1. The Balaban J connectivity index is 3.29. The number of hydrogen-bond acceptors (Lipinski definition) is 4. The largest absolute Gasteiger partial charge is 0.462 e. The van der Waals surface area contributed by atoms with Crippen molar-refractivity contribution >= 4 is 23.4 Å². The van der Waals surface area contributed by atoms with Crippen molar-refractivity contribution in [2.24, 2.45) is 0 Å². The SMILES string of the molecule is CCOC(=O)c1c(CC#N)cccc1C(=O)CCCl. The summed E-state index contributed by atoms with van der Waals surface area (Å²) in [5.41, 5.74) is 0.953. The van der Waals surface area contributed by atoms with E-state index in [-0.39, 0.29) is 42.2 Å². The Labute approximate surface area is 116 Å². The number of rotatable bonds is 6. The fourth-order valence-corrected chi connectivity index (χ4v) is 1.90. The van der Waals surface area contributed by atoms with Crippen LogP contribution in [0.25, 0.3) is 0 Å². The number of Topliss-reactive ketones (excluding diaryl/α,β-unsaturated/α-hetero) is 1. The summed E-state index contributed by atoms with van der Waals surface area (Å²) in [5, 5.41) is 8.78. The molecule has 4 nitrogen and oxygen atoms in total. The van der Waals surface area contributed by atoms with Gasteiger partial charge < -0.3 is 4.74 Å². The van der Waals surface area contributed by atoms with Crippen LogP contribution in [0.3, 0.4) is 0 Å². The summed E-state index contributed by atoms with van der Waals surface area (Å²) in [6.45, 7) is 1.90. The highest BCUT2D eigenvalue weighted by atomic mass is 35.5. The van der Waals surface area contributed by atoms with Gasteiger partial charge in [0.2, 0.25) is 0 Å². The summed E-state index contributed by atoms with van der Waals surface area (Å²) in [7, 11) is 0. The van der Waals surface area contributed by atoms with Crippen LogP contribution in [0.2, 0.25) is 0 Å². The Kier molecular flexibility index (Phi) is 6.04. The molecule has 1 aromatic rings. The van der Waals surface area contributed by atoms with Gasteiger partial charge in [-0.25, -0.2) is 4.79 Å². The van der Waals surface area contributed by atoms with Gasteiger partial charge in [0.15, 0.2) is 5.78 Å². The van der Waals surface area contributed by atoms with E-state index in [1.807, 2.05) is 6.07 Å². The number of nitrogens with zero attached hydrogens (tertiary/aromatic N) is 1. The van der Waals surface area contributed by atoms with Crippen LogP contribution in [-0.2, 0) is 11.2 Å². The predicted octanol–water partition coefficient (Wildman–Crippen LogP) is 2.74. The molecule has 0 N–H and O–H groups in total. The molecule has 0 unspecified atom stereocenters. The second-order valence-corrected chi connectivity index (χ2v) is 4.14. The number of nitriles is 1. The quantitative estimate of drug-likeness (QED) is 0.456. The summed E-state index contributed by atoms with van der Waals surface area (Å²) in [6, 6.07) is 6.83. The third-order valence-corrected chi connectivity index (χ3v) is 2.71. The first-order valence-corrected chi connectivity index (χ1v) is 6.44. The molecule has 19 heavy (non-hydrogen) atoms. The number of carbonyl (C=O) groups is 2. The molecular formula is C14H14ClNO3. The summed E-state index contributed by atoms with van der Waals surface area (Å²) in [4.78, 5) is 23.9. The predicted molar refractivity (Wildman–Crippen MR) is 71.4 cm³/mol. The lowest BCUT2D eigenvalue weighted by Gasteiger charge is -2.11. The molecule has 0 amide bonds. The Morgan fingerprint density at radius 2 is 2.16 bits per heavy atom. The van der Waals surface area contributed by atoms with Gasteiger partial charge in [0, 0.05) is 17.9 Å². The number of halogens is 1. The maximum absolute atomic E-state index is 12.0. The Morgan fingerprint density at radius 1 is 1.42 bits per heavy atom. The molecule has 0 fully saturated rings. The molecule has 0 aliphatic heterocycles. The van der Waals surface area contributed by atoms with Crippen LogP contribution in [0.4, 0.5) is 0 Å². The lowest BCUT2D eigenvalue weighted by atomic mass is 9.95. The molecule has 0 spiro atoms. The van der Waals surface area contributed by atoms with Crippen molar-refractivity contribution in [3.63, 3.8) is 0 Å². The minimum Gasteiger partial charge on any atom is -0.462 e. The van der Waals surface area contributed by atoms with Crippen LogP contribution in [0.1, 0.15) is 39.6 Å². The molecule has 0 aliphatic rings. The molecule has 0 atom stereocenters. The van der Waals surface area contributed by atoms with Crippen LogP contribution in [0.15, 0.2) is 18.2 Å². The van der Waals surface area contributed by atoms with E-state index in [4.69, 9.17) is 21.6 Å². The van der Waals surface area contributed by atoms with E-state index in [2.05, 4.69) is 0 Å². The van der Waals surface area contributed by atoms with Crippen molar-refractivity contribution in [3.8, 4) is 6.07 Å². The van der Waals surface area contributed by atoms with Crippen LogP contribution in [0, 0.1) is 11.3 Å². The number of ketones is 1. The second-order valence-electron chi connectivity index (χ2n) is 3.76. The van der Waals surface area contributed by atoms with Crippen LogP contribution >= 0.6 is 11.6 Å². The highest BCUT2D eigenvalue weighted by Crippen LogP contribution is 2.19. The molecule has 0 radical (unpaired) electrons. The second kappa shape index (κ2) is 7.55. The van der Waals surface area contributed by atoms with E-state index in [0.717, 1.165) is 0 Å². The van der Waals surface area contributed by atoms with Gasteiger partial charge >= 0.3 is 5.97 Å². The Morgan fingerprint density at radius 3 is 2.74 bits per heavy atom. The fraction of sp³-hybridized carbons (Fsp3) is 0.357. The molecule has 0 aliphatic carbocycles. The zero-order valence-corrected chi connectivity index (χ0v) is 11.4. The Hall–Kier alpha value is -1.86. The van der Waals surface area contributed by atoms with E-state index in [1.54, 1.807) is 25.1 Å². The average molecular weight is 280 g/mol. The number of hydrogen-bond donors (Lipinski definition) is 0. The monoisotopic (exact) mass is 279 g/mol. The van der Waals surface area contributed by atoms with Crippen LogP contribution < -0.4 is 0 Å². The van der Waals surface area contributed by atoms with Crippen molar-refractivity contribution in [2.75, 3.05) is 12.5 Å². The number of ether oxygens (including phenoxy) is 1. The van der Waals surface area contributed by atoms with Crippen LogP contribution in [0.5, 0.6) is 0 Å². The highest BCUT2D eigenvalue weighted by molar-refractivity contribution is 6.20. The smallest absolute Gasteiger partial charge is 0.339 e. The lowest BCUT2D eigenvalue weighted by molar-refractivity contribution is 0.0522. The number of benzene rings is 1. The minimum atomic E-state index is -0.578. The third kappa shape index (κ3) is 3.80. The number of carbonyl (C=O) groups excluding carboxylic acids is 2. The standard InChI is InChI=1S/C14H14ClNO3/c1-2-19-14(18)13-10(7-9-16)4-3-5-11(13)12(17)6-8-15/h3-5H,2,6-8H2,1H3. The lowest BCUT2D eigenvalue weighted by Crippen LogP contribution is -2.15. The first-order valence-electron chi connectivity index (χ1n) is 5.90. The molecule has 5 heteroatoms. The normalized spacial score (nSPS) is 9.74. The van der Waals surface area contributed by atoms with E-state index in [0.29, 0.717) is 5.56 Å². The van der Waals surface area contributed by atoms with Gasteiger partial charge in [0.05, 0.1) is 24.7 Å². The van der Waals surface area contributed by atoms with Gasteiger partial charge in [-0.1, -0.05) is 18.2 Å². The summed E-state index contributed by atoms with van der Waals surface area (Å²) >= 11 is 5.55. The van der Waals surface area contributed by atoms with Gasteiger partial charge in [0.1, 0.15) is 0 Å². The van der Waals surface area contributed by atoms with Crippen molar-refractivity contribution in [1.82, 2.24) is 0 Å². The molecule has 1 rings (SSSR count). The maximum atomic E-state index is 12.0. The molecule has 0 bridgehead atoms. The topological polar surface area (TPSA) is 67.2 Å². The van der Waals surface area contributed by atoms with Crippen molar-refractivity contribution < 1.29 is 14.3 Å². The summed E-state index contributed by atoms with van der Waals surface area (Å²) in [5.74, 6) is -0.618. The zero-order chi connectivity index (χ0) is 14.3. The first kappa shape index (κ1) is 15.2. The van der Waals surface area contributed by atoms with E-state index >= 15 is 0 Å². The van der Waals surface area contributed by atoms with Gasteiger partial charge in [-0.2, -0.15) is 5.26 Å². The third-order valence-electron chi connectivity index (χ3n) is 2.52. The van der Waals surface area contributed by atoms with Gasteiger partial charge in [-0.05, 0) is 12.5 Å². The average Bonchev–Trinajstić information content (AvgIpc) is 2.39. The van der Waals surface area contributed by atoms with E-state index in [9.17, 15) is 9.59 Å². The van der Waals surface area contributed by atoms with Gasteiger partial charge in [-0.3, -0.25) is 4.79 Å². The van der Waals surface area contributed by atoms with Crippen molar-refractivity contribution in [2.45, 2.75) is 19.8 Å². The molecular weight excluding hydrogens is 266 g/mol. The fourth-order valence-electron chi connectivity index (χ4n) is 1.73. The van der Waals surface area contributed by atoms with E-state index in [1.165, 1.54) is 0 Å². The summed E-state index contributed by atoms with van der Waals surface area (Å²) < 4.78 is 4.95. The minimum absolute atomic E-state index is 0.0517. The molecule has 1 aromatic carbocycles. The summed E-state index contributed by atoms with van der Waals surface area (Å²) in [6.07, 6.45) is 0.195. The highest BCUT2D eigenvalue weighted by Gasteiger charge is 2.21. The molecule has 100 valence electrons. The zero-order valence-electron chi connectivity index (χ0n) is 10.6. The first-order chi connectivity index (χ1) is 9.15. The molecule has 0 aromatic heterocycles. The van der Waals surface area contributed by atoms with Crippen molar-refractivity contribution in [3.05, 3.63) is 34.9 Å². The molecule has 0 saturated carbocycles. The van der Waals surface area contributed by atoms with Crippen LogP contribution in [-0.4, -0.2) is 24.2 Å². The van der Waals surface area contributed by atoms with Crippen molar-refractivity contribution in [1.29, 1.82) is 5.26 Å². The Bertz CT molecular complexity index is 520. The van der Waals surface area contributed by atoms with Gasteiger partial charge in [0.25, 0.3) is 0 Å².